The fourth-order valence-corrected chi connectivity index (χ4v) is 2.12. The molecule has 0 fully saturated rings. The molecule has 9 heteroatoms. The average Bonchev–Trinajstić information content (AvgIpc) is 2.48. The highest BCUT2D eigenvalue weighted by Crippen LogP contribution is 2.31. The minimum Gasteiger partial charge on any atom is -0.361 e. The standard InChI is InChI=1S/C14H10BCl4N3O/c15-9-3-1-8(2-4-9)12(23)22-13(14(17,18)19)21-10-5-6-11(16)20-7-10/h1-7,13,21H,(H,22,23). The molecule has 2 aromatic rings. The second kappa shape index (κ2) is 7.62. The van der Waals surface area contributed by atoms with Crippen molar-refractivity contribution in [1.82, 2.24) is 10.3 Å². The topological polar surface area (TPSA) is 54.0 Å². The molecule has 1 aromatic carbocycles. The maximum absolute atomic E-state index is 12.3. The van der Waals surface area contributed by atoms with Crippen molar-refractivity contribution >= 4 is 71.3 Å². The first-order valence-corrected chi connectivity index (χ1v) is 7.88. The highest BCUT2D eigenvalue weighted by molar-refractivity contribution is 6.68. The third-order valence-electron chi connectivity index (χ3n) is 2.81. The lowest BCUT2D eigenvalue weighted by Crippen LogP contribution is -2.49. The third-order valence-corrected chi connectivity index (χ3v) is 3.69. The zero-order chi connectivity index (χ0) is 17.0. The summed E-state index contributed by atoms with van der Waals surface area (Å²) in [6.45, 7) is 0. The number of alkyl halides is 3. The van der Waals surface area contributed by atoms with E-state index in [1.54, 1.807) is 36.4 Å². The van der Waals surface area contributed by atoms with Gasteiger partial charge in [-0.25, -0.2) is 4.98 Å². The maximum atomic E-state index is 12.3. The van der Waals surface area contributed by atoms with Crippen molar-refractivity contribution in [1.29, 1.82) is 0 Å². The molecule has 0 aliphatic heterocycles. The van der Waals surface area contributed by atoms with E-state index in [1.807, 2.05) is 0 Å². The molecule has 1 unspecified atom stereocenters. The number of hydrogen-bond acceptors (Lipinski definition) is 3. The highest BCUT2D eigenvalue weighted by atomic mass is 35.6. The summed E-state index contributed by atoms with van der Waals surface area (Å²) in [4.78, 5) is 16.2. The summed E-state index contributed by atoms with van der Waals surface area (Å²) in [5, 5.41) is 5.82. The van der Waals surface area contributed by atoms with Crippen LogP contribution in [0, 0.1) is 0 Å². The SMILES string of the molecule is [B]c1ccc(C(=O)NC(Nc2ccc(Cl)nc2)C(Cl)(Cl)Cl)cc1. The van der Waals surface area contributed by atoms with E-state index in [1.165, 1.54) is 6.20 Å². The van der Waals surface area contributed by atoms with Gasteiger partial charge in [-0.3, -0.25) is 4.79 Å². The van der Waals surface area contributed by atoms with Gasteiger partial charge in [0.1, 0.15) is 19.2 Å². The molecule has 1 atom stereocenters. The molecule has 0 spiro atoms. The van der Waals surface area contributed by atoms with E-state index < -0.39 is 15.9 Å². The van der Waals surface area contributed by atoms with Gasteiger partial charge < -0.3 is 10.6 Å². The Bertz CT molecular complexity index is 674. The van der Waals surface area contributed by atoms with Crippen LogP contribution in [0.1, 0.15) is 10.4 Å². The van der Waals surface area contributed by atoms with E-state index >= 15 is 0 Å². The third kappa shape index (κ3) is 5.46. The largest absolute Gasteiger partial charge is 0.361 e. The number of halogens is 4. The van der Waals surface area contributed by atoms with Gasteiger partial charge in [-0.1, -0.05) is 76.1 Å². The molecular formula is C14H10BCl4N3O. The number of amides is 1. The monoisotopic (exact) mass is 387 g/mol. The first-order chi connectivity index (χ1) is 10.8. The van der Waals surface area contributed by atoms with Crippen molar-refractivity contribution < 1.29 is 4.79 Å². The van der Waals surface area contributed by atoms with Crippen LogP contribution in [-0.4, -0.2) is 28.7 Å². The zero-order valence-corrected chi connectivity index (χ0v) is 14.6. The van der Waals surface area contributed by atoms with E-state index in [4.69, 9.17) is 54.3 Å². The summed E-state index contributed by atoms with van der Waals surface area (Å²) >= 11 is 23.5. The van der Waals surface area contributed by atoms with Crippen LogP contribution in [0.2, 0.25) is 5.15 Å². The molecule has 1 aromatic heterocycles. The molecule has 0 aliphatic rings. The lowest BCUT2D eigenvalue weighted by atomic mass is 9.95. The molecule has 0 bridgehead atoms. The molecule has 1 amide bonds. The van der Waals surface area contributed by atoms with Gasteiger partial charge >= 0.3 is 0 Å². The van der Waals surface area contributed by atoms with Gasteiger partial charge in [-0.15, -0.1) is 0 Å². The van der Waals surface area contributed by atoms with Crippen LogP contribution < -0.4 is 16.1 Å². The summed E-state index contributed by atoms with van der Waals surface area (Å²) in [6.07, 6.45) is 0.474. The number of pyridine rings is 1. The van der Waals surface area contributed by atoms with Gasteiger partial charge in [0.2, 0.25) is 3.79 Å². The van der Waals surface area contributed by atoms with Gasteiger partial charge in [-0.05, 0) is 12.1 Å². The normalized spacial score (nSPS) is 12.5. The van der Waals surface area contributed by atoms with E-state index in [9.17, 15) is 4.79 Å². The van der Waals surface area contributed by atoms with Crippen LogP contribution in [0.3, 0.4) is 0 Å². The Morgan fingerprint density at radius 3 is 2.30 bits per heavy atom. The van der Waals surface area contributed by atoms with Crippen molar-refractivity contribution in [3.8, 4) is 0 Å². The number of carbonyl (C=O) groups excluding carboxylic acids is 1. The van der Waals surface area contributed by atoms with Crippen molar-refractivity contribution in [3.05, 3.63) is 53.3 Å². The molecule has 23 heavy (non-hydrogen) atoms. The first-order valence-electron chi connectivity index (χ1n) is 6.37. The molecule has 4 nitrogen and oxygen atoms in total. The van der Waals surface area contributed by atoms with Crippen LogP contribution in [-0.2, 0) is 0 Å². The predicted octanol–water partition coefficient (Wildman–Crippen LogP) is 3.07. The fourth-order valence-electron chi connectivity index (χ4n) is 1.68. The first kappa shape index (κ1) is 18.2. The molecule has 2 N–H and O–H groups in total. The number of rotatable bonds is 4. The molecule has 1 heterocycles. The van der Waals surface area contributed by atoms with E-state index in [2.05, 4.69) is 15.6 Å². The molecule has 0 saturated heterocycles. The maximum Gasteiger partial charge on any atom is 0.252 e. The van der Waals surface area contributed by atoms with Crippen LogP contribution in [0.4, 0.5) is 5.69 Å². The fraction of sp³-hybridized carbons (Fsp3) is 0.143. The molecule has 2 radical (unpaired) electrons. The number of carbonyl (C=O) groups is 1. The summed E-state index contributed by atoms with van der Waals surface area (Å²) in [5.41, 5.74) is 1.46. The molecule has 118 valence electrons. The second-order valence-electron chi connectivity index (χ2n) is 4.58. The summed E-state index contributed by atoms with van der Waals surface area (Å²) in [6, 6.07) is 9.58. The van der Waals surface area contributed by atoms with Crippen molar-refractivity contribution in [2.45, 2.75) is 9.96 Å². The lowest BCUT2D eigenvalue weighted by Gasteiger charge is -2.27. The van der Waals surface area contributed by atoms with Gasteiger partial charge in [0.15, 0.2) is 0 Å². The van der Waals surface area contributed by atoms with Crippen LogP contribution in [0.25, 0.3) is 0 Å². The quantitative estimate of drug-likeness (QED) is 0.366. The predicted molar refractivity (Wildman–Crippen MR) is 96.2 cm³/mol. The van der Waals surface area contributed by atoms with Gasteiger partial charge in [-0.2, -0.15) is 0 Å². The molecular weight excluding hydrogens is 379 g/mol. The van der Waals surface area contributed by atoms with Gasteiger partial charge in [0, 0.05) is 5.56 Å². The molecule has 0 aliphatic carbocycles. The number of hydrogen-bond donors (Lipinski definition) is 2. The van der Waals surface area contributed by atoms with Crippen LogP contribution >= 0.6 is 46.4 Å². The zero-order valence-electron chi connectivity index (χ0n) is 11.6. The molecule has 2 rings (SSSR count). The van der Waals surface area contributed by atoms with Crippen LogP contribution in [0.15, 0.2) is 42.6 Å². The van der Waals surface area contributed by atoms with Crippen molar-refractivity contribution in [2.75, 3.05) is 5.32 Å². The summed E-state index contributed by atoms with van der Waals surface area (Å²) in [7, 11) is 5.59. The van der Waals surface area contributed by atoms with Gasteiger partial charge in [0.25, 0.3) is 5.91 Å². The Morgan fingerprint density at radius 2 is 1.78 bits per heavy atom. The Kier molecular flexibility index (Phi) is 6.03. The Balaban J connectivity index is 2.14. The molecule has 0 saturated carbocycles. The highest BCUT2D eigenvalue weighted by Gasteiger charge is 2.34. The lowest BCUT2D eigenvalue weighted by molar-refractivity contribution is 0.0942. The number of benzene rings is 1. The minimum atomic E-state index is -1.79. The number of nitrogens with zero attached hydrogens (tertiary/aromatic N) is 1. The van der Waals surface area contributed by atoms with Crippen LogP contribution in [0.5, 0.6) is 0 Å². The Morgan fingerprint density at radius 1 is 1.13 bits per heavy atom. The number of anilines is 1. The smallest absolute Gasteiger partial charge is 0.252 e. The van der Waals surface area contributed by atoms with E-state index in [0.717, 1.165) is 0 Å². The Hall–Kier alpha value is -1.14. The number of nitrogens with one attached hydrogen (secondary N) is 2. The van der Waals surface area contributed by atoms with Crippen molar-refractivity contribution in [3.63, 3.8) is 0 Å². The number of aromatic nitrogens is 1. The summed E-state index contributed by atoms with van der Waals surface area (Å²) < 4.78 is -1.79. The van der Waals surface area contributed by atoms with E-state index in [0.29, 0.717) is 21.9 Å². The minimum absolute atomic E-state index is 0.326. The van der Waals surface area contributed by atoms with E-state index in [-0.39, 0.29) is 0 Å². The summed E-state index contributed by atoms with van der Waals surface area (Å²) in [5.74, 6) is -0.421. The van der Waals surface area contributed by atoms with Crippen molar-refractivity contribution in [2.24, 2.45) is 0 Å². The Labute approximate surface area is 154 Å². The average molecular weight is 389 g/mol. The second-order valence-corrected chi connectivity index (χ2v) is 7.34. The van der Waals surface area contributed by atoms with Gasteiger partial charge in [0.05, 0.1) is 11.9 Å².